The van der Waals surface area contributed by atoms with Gasteiger partial charge in [0.15, 0.2) is 0 Å². The second-order valence-corrected chi connectivity index (χ2v) is 3.75. The summed E-state index contributed by atoms with van der Waals surface area (Å²) in [6.45, 7) is 3.82. The molecule has 0 N–H and O–H groups in total. The third kappa shape index (κ3) is 8.02. The lowest BCUT2D eigenvalue weighted by molar-refractivity contribution is -0.117. The number of ketones is 1. The van der Waals surface area contributed by atoms with Crippen LogP contribution in [0.15, 0.2) is 0 Å². The van der Waals surface area contributed by atoms with E-state index < -0.39 is 0 Å². The van der Waals surface area contributed by atoms with Crippen molar-refractivity contribution in [3.05, 3.63) is 0 Å². The van der Waals surface area contributed by atoms with Gasteiger partial charge >= 0.3 is 0 Å². The minimum Gasteiger partial charge on any atom is -0.300 e. The Morgan fingerprint density at radius 1 is 1.40 bits per heavy atom. The number of unbranched alkanes of at least 4 members (excludes halogenated alkanes) is 1. The zero-order chi connectivity index (χ0) is 7.82. The highest BCUT2D eigenvalue weighted by atomic mass is 32.2. The van der Waals surface area contributed by atoms with E-state index in [4.69, 9.17) is 0 Å². The second kappa shape index (κ2) is 7.13. The first-order valence-electron chi connectivity index (χ1n) is 3.84. The topological polar surface area (TPSA) is 17.1 Å². The molecule has 1 nitrogen and oxygen atoms in total. The fraction of sp³-hybridized carbons (Fsp3) is 0.875. The maximum absolute atomic E-state index is 10.5. The van der Waals surface area contributed by atoms with Crippen molar-refractivity contribution < 1.29 is 4.79 Å². The Morgan fingerprint density at radius 2 is 2.10 bits per heavy atom. The Labute approximate surface area is 67.6 Å². The maximum atomic E-state index is 10.5. The molecule has 0 aliphatic carbocycles. The Hall–Kier alpha value is 0.0200. The highest BCUT2D eigenvalue weighted by molar-refractivity contribution is 7.99. The summed E-state index contributed by atoms with van der Waals surface area (Å²) < 4.78 is 0. The van der Waals surface area contributed by atoms with E-state index in [9.17, 15) is 4.79 Å². The molecule has 0 radical (unpaired) electrons. The van der Waals surface area contributed by atoms with E-state index in [2.05, 4.69) is 6.92 Å². The van der Waals surface area contributed by atoms with E-state index in [1.54, 1.807) is 6.92 Å². The second-order valence-electron chi connectivity index (χ2n) is 2.36. The number of thioether (sulfide) groups is 1. The molecule has 0 spiro atoms. The van der Waals surface area contributed by atoms with Crippen LogP contribution in [0.5, 0.6) is 0 Å². The molecule has 0 unspecified atom stereocenters. The Bertz CT molecular complexity index is 91.3. The van der Waals surface area contributed by atoms with Crippen LogP contribution >= 0.6 is 11.8 Å². The normalized spacial score (nSPS) is 9.80. The average molecular weight is 160 g/mol. The van der Waals surface area contributed by atoms with E-state index >= 15 is 0 Å². The summed E-state index contributed by atoms with van der Waals surface area (Å²) >= 11 is 1.95. The van der Waals surface area contributed by atoms with Gasteiger partial charge in [0.2, 0.25) is 0 Å². The molecule has 0 aromatic heterocycles. The molecule has 0 rings (SSSR count). The monoisotopic (exact) mass is 160 g/mol. The molecule has 2 heteroatoms. The number of hydrogen-bond acceptors (Lipinski definition) is 2. The smallest absolute Gasteiger partial charge is 0.129 e. The van der Waals surface area contributed by atoms with E-state index in [0.717, 1.165) is 12.8 Å². The molecule has 0 aromatic rings. The molecule has 0 fully saturated rings. The number of carbonyl (C=O) groups excluding carboxylic acids is 1. The van der Waals surface area contributed by atoms with Crippen LogP contribution in [0.3, 0.4) is 0 Å². The molecule has 0 atom stereocenters. The van der Waals surface area contributed by atoms with Crippen LogP contribution in [-0.2, 0) is 4.79 Å². The third-order valence-corrected chi connectivity index (χ3v) is 2.26. The van der Waals surface area contributed by atoms with Crippen molar-refractivity contribution in [1.29, 1.82) is 0 Å². The molecule has 10 heavy (non-hydrogen) atoms. The zero-order valence-corrected chi connectivity index (χ0v) is 7.67. The standard InChI is InChI=1S/C8H16OS/c1-3-10-7-5-4-6-8(2)9/h3-7H2,1-2H3. The fourth-order valence-corrected chi connectivity index (χ4v) is 1.42. The van der Waals surface area contributed by atoms with Crippen molar-refractivity contribution in [2.24, 2.45) is 0 Å². The molecular weight excluding hydrogens is 144 g/mol. The highest BCUT2D eigenvalue weighted by Crippen LogP contribution is 2.05. The van der Waals surface area contributed by atoms with Gasteiger partial charge in [-0.25, -0.2) is 0 Å². The largest absolute Gasteiger partial charge is 0.300 e. The van der Waals surface area contributed by atoms with Crippen molar-refractivity contribution in [2.45, 2.75) is 33.1 Å². The summed E-state index contributed by atoms with van der Waals surface area (Å²) in [6, 6.07) is 0. The number of carbonyl (C=O) groups is 1. The highest BCUT2D eigenvalue weighted by Gasteiger charge is 1.92. The molecular formula is C8H16OS. The lowest BCUT2D eigenvalue weighted by atomic mass is 10.2. The SMILES string of the molecule is CCSCCCCC(C)=O. The Kier molecular flexibility index (Phi) is 7.15. The van der Waals surface area contributed by atoms with Crippen LogP contribution in [0.4, 0.5) is 0 Å². The van der Waals surface area contributed by atoms with Gasteiger partial charge in [-0.2, -0.15) is 11.8 Å². The van der Waals surface area contributed by atoms with E-state index in [-0.39, 0.29) is 0 Å². The van der Waals surface area contributed by atoms with Crippen molar-refractivity contribution in [3.8, 4) is 0 Å². The van der Waals surface area contributed by atoms with Crippen LogP contribution in [-0.4, -0.2) is 17.3 Å². The first-order valence-corrected chi connectivity index (χ1v) is 5.00. The summed E-state index contributed by atoms with van der Waals surface area (Å²) in [5, 5.41) is 0. The van der Waals surface area contributed by atoms with Crippen molar-refractivity contribution in [2.75, 3.05) is 11.5 Å². The number of Topliss-reactive ketones (excluding diaryl/α,β-unsaturated/α-hetero) is 1. The molecule has 60 valence electrons. The molecule has 0 saturated carbocycles. The molecule has 0 aliphatic rings. The first kappa shape index (κ1) is 10.0. The lowest BCUT2D eigenvalue weighted by Crippen LogP contribution is -1.90. The minimum absolute atomic E-state index is 0.321. The van der Waals surface area contributed by atoms with Crippen LogP contribution < -0.4 is 0 Å². The van der Waals surface area contributed by atoms with Gasteiger partial charge in [0.25, 0.3) is 0 Å². The molecule has 0 aliphatic heterocycles. The predicted octanol–water partition coefficient (Wildman–Crippen LogP) is 2.50. The van der Waals surface area contributed by atoms with E-state index in [1.807, 2.05) is 11.8 Å². The lowest BCUT2D eigenvalue weighted by Gasteiger charge is -1.96. The van der Waals surface area contributed by atoms with Gasteiger partial charge < -0.3 is 4.79 Å². The fourth-order valence-electron chi connectivity index (χ4n) is 0.722. The maximum Gasteiger partial charge on any atom is 0.129 e. The van der Waals surface area contributed by atoms with Crippen molar-refractivity contribution in [1.82, 2.24) is 0 Å². The minimum atomic E-state index is 0.321. The molecule has 0 heterocycles. The zero-order valence-electron chi connectivity index (χ0n) is 6.85. The van der Waals surface area contributed by atoms with Gasteiger partial charge in [-0.1, -0.05) is 6.92 Å². The van der Waals surface area contributed by atoms with Crippen molar-refractivity contribution >= 4 is 17.5 Å². The molecule has 0 saturated heterocycles. The summed E-state index contributed by atoms with van der Waals surface area (Å²) in [4.78, 5) is 10.5. The summed E-state index contributed by atoms with van der Waals surface area (Å²) in [5.41, 5.74) is 0. The molecule has 0 bridgehead atoms. The van der Waals surface area contributed by atoms with Gasteiger partial charge in [-0.05, 0) is 31.3 Å². The average Bonchev–Trinajstić information content (AvgIpc) is 1.87. The Morgan fingerprint density at radius 3 is 2.60 bits per heavy atom. The van der Waals surface area contributed by atoms with Crippen LogP contribution in [0.2, 0.25) is 0 Å². The summed E-state index contributed by atoms with van der Waals surface area (Å²) in [5.74, 6) is 2.73. The van der Waals surface area contributed by atoms with Gasteiger partial charge in [0.05, 0.1) is 0 Å². The Balaban J connectivity index is 2.84. The van der Waals surface area contributed by atoms with Gasteiger partial charge in [-0.3, -0.25) is 0 Å². The molecule has 0 amide bonds. The van der Waals surface area contributed by atoms with Crippen LogP contribution in [0, 0.1) is 0 Å². The van der Waals surface area contributed by atoms with Gasteiger partial charge in [-0.15, -0.1) is 0 Å². The van der Waals surface area contributed by atoms with Crippen LogP contribution in [0.1, 0.15) is 33.1 Å². The summed E-state index contributed by atoms with van der Waals surface area (Å²) in [6.07, 6.45) is 3.03. The van der Waals surface area contributed by atoms with Gasteiger partial charge in [0, 0.05) is 6.42 Å². The van der Waals surface area contributed by atoms with E-state index in [1.165, 1.54) is 17.9 Å². The number of rotatable bonds is 6. The van der Waals surface area contributed by atoms with E-state index in [0.29, 0.717) is 5.78 Å². The summed E-state index contributed by atoms with van der Waals surface area (Å²) in [7, 11) is 0. The third-order valence-electron chi connectivity index (χ3n) is 1.27. The first-order chi connectivity index (χ1) is 4.77. The predicted molar refractivity (Wildman–Crippen MR) is 47.5 cm³/mol. The quantitative estimate of drug-likeness (QED) is 0.555. The van der Waals surface area contributed by atoms with Crippen molar-refractivity contribution in [3.63, 3.8) is 0 Å². The van der Waals surface area contributed by atoms with Crippen LogP contribution in [0.25, 0.3) is 0 Å². The molecule has 0 aromatic carbocycles. The number of hydrogen-bond donors (Lipinski definition) is 0. The van der Waals surface area contributed by atoms with Gasteiger partial charge in [0.1, 0.15) is 5.78 Å².